The Kier molecular flexibility index (Phi) is 2.12. The van der Waals surface area contributed by atoms with Crippen molar-refractivity contribution in [2.75, 3.05) is 7.05 Å². The average molecular weight is 175 g/mol. The lowest BCUT2D eigenvalue weighted by Crippen LogP contribution is -2.29. The van der Waals surface area contributed by atoms with E-state index in [9.17, 15) is 0 Å². The molecule has 1 fully saturated rings. The van der Waals surface area contributed by atoms with Crippen LogP contribution in [0, 0.1) is 6.92 Å². The van der Waals surface area contributed by atoms with E-state index in [2.05, 4.69) is 43.6 Å². The van der Waals surface area contributed by atoms with Gasteiger partial charge in [-0.2, -0.15) is 0 Å². The van der Waals surface area contributed by atoms with E-state index in [4.69, 9.17) is 0 Å². The summed E-state index contributed by atoms with van der Waals surface area (Å²) < 4.78 is 0. The Morgan fingerprint density at radius 3 is 2.69 bits per heavy atom. The molecule has 1 N–H and O–H groups in total. The maximum atomic E-state index is 3.42. The Morgan fingerprint density at radius 1 is 1.38 bits per heavy atom. The van der Waals surface area contributed by atoms with Crippen LogP contribution in [-0.4, -0.2) is 12.6 Å². The van der Waals surface area contributed by atoms with E-state index in [0.29, 0.717) is 5.54 Å². The minimum absolute atomic E-state index is 0.438. The van der Waals surface area contributed by atoms with E-state index in [1.54, 1.807) is 0 Å². The number of hydrogen-bond acceptors (Lipinski definition) is 1. The summed E-state index contributed by atoms with van der Waals surface area (Å²) in [6.45, 7) is 2.16. The highest BCUT2D eigenvalue weighted by Crippen LogP contribution is 2.38. The first kappa shape index (κ1) is 8.76. The summed E-state index contributed by atoms with van der Waals surface area (Å²) in [5.41, 5.74) is 3.27. The average Bonchev–Trinajstić information content (AvgIpc) is 2.86. The third-order valence-corrected chi connectivity index (χ3v) is 3.01. The lowest BCUT2D eigenvalue weighted by Gasteiger charge is -2.13. The molecule has 0 heterocycles. The molecule has 1 aliphatic carbocycles. The maximum Gasteiger partial charge on any atom is 0.0220 e. The second-order valence-corrected chi connectivity index (χ2v) is 4.20. The van der Waals surface area contributed by atoms with Crippen molar-refractivity contribution in [1.29, 1.82) is 0 Å². The quantitative estimate of drug-likeness (QED) is 0.743. The molecule has 0 aromatic heterocycles. The van der Waals surface area contributed by atoms with Gasteiger partial charge in [0.05, 0.1) is 0 Å². The van der Waals surface area contributed by atoms with Gasteiger partial charge in [-0.05, 0) is 38.8 Å². The molecule has 1 saturated carbocycles. The van der Waals surface area contributed by atoms with Crippen molar-refractivity contribution in [2.45, 2.75) is 31.7 Å². The Bertz CT molecular complexity index is 300. The highest BCUT2D eigenvalue weighted by Gasteiger charge is 2.40. The second-order valence-electron chi connectivity index (χ2n) is 4.20. The van der Waals surface area contributed by atoms with Gasteiger partial charge in [-0.25, -0.2) is 0 Å². The van der Waals surface area contributed by atoms with Crippen molar-refractivity contribution in [3.05, 3.63) is 35.4 Å². The zero-order valence-corrected chi connectivity index (χ0v) is 8.43. The van der Waals surface area contributed by atoms with Gasteiger partial charge in [0, 0.05) is 5.54 Å². The Balaban J connectivity index is 2.09. The minimum atomic E-state index is 0.438. The van der Waals surface area contributed by atoms with Crippen LogP contribution in [0.1, 0.15) is 24.0 Å². The van der Waals surface area contributed by atoms with Crippen LogP contribution in [0.25, 0.3) is 0 Å². The van der Waals surface area contributed by atoms with Crippen molar-refractivity contribution in [1.82, 2.24) is 5.32 Å². The van der Waals surface area contributed by atoms with Crippen molar-refractivity contribution in [3.8, 4) is 0 Å². The number of benzene rings is 1. The van der Waals surface area contributed by atoms with E-state index in [-0.39, 0.29) is 0 Å². The molecule has 1 heteroatoms. The number of nitrogens with one attached hydrogen (secondary N) is 1. The summed E-state index contributed by atoms with van der Waals surface area (Å²) in [6.07, 6.45) is 3.85. The van der Waals surface area contributed by atoms with Gasteiger partial charge < -0.3 is 5.32 Å². The van der Waals surface area contributed by atoms with E-state index < -0.39 is 0 Å². The molecule has 70 valence electrons. The fourth-order valence-corrected chi connectivity index (χ4v) is 1.88. The topological polar surface area (TPSA) is 12.0 Å². The number of likely N-dealkylation sites (N-methyl/N-ethyl adjacent to an activating group) is 1. The van der Waals surface area contributed by atoms with Gasteiger partial charge in [-0.1, -0.05) is 29.8 Å². The highest BCUT2D eigenvalue weighted by atomic mass is 15.0. The molecule has 0 unspecified atom stereocenters. The molecule has 0 aliphatic heterocycles. The van der Waals surface area contributed by atoms with Crippen LogP contribution >= 0.6 is 0 Å². The predicted molar refractivity (Wildman–Crippen MR) is 55.9 cm³/mol. The molecule has 0 saturated heterocycles. The van der Waals surface area contributed by atoms with Crippen LogP contribution in [0.2, 0.25) is 0 Å². The fraction of sp³-hybridized carbons (Fsp3) is 0.500. The Labute approximate surface area is 80.2 Å². The fourth-order valence-electron chi connectivity index (χ4n) is 1.88. The second kappa shape index (κ2) is 3.15. The number of rotatable bonds is 3. The standard InChI is InChI=1S/C12H17N/c1-10-4-3-5-11(8-10)9-12(13-2)6-7-12/h3-5,8,13H,6-7,9H2,1-2H3. The summed E-state index contributed by atoms with van der Waals surface area (Å²) in [5, 5.41) is 3.42. The Morgan fingerprint density at radius 2 is 2.15 bits per heavy atom. The van der Waals surface area contributed by atoms with Crippen LogP contribution < -0.4 is 5.32 Å². The normalized spacial score (nSPS) is 18.6. The molecular weight excluding hydrogens is 158 g/mol. The van der Waals surface area contributed by atoms with Gasteiger partial charge in [0.1, 0.15) is 0 Å². The van der Waals surface area contributed by atoms with Gasteiger partial charge in [0.25, 0.3) is 0 Å². The zero-order valence-electron chi connectivity index (χ0n) is 8.43. The Hall–Kier alpha value is -0.820. The van der Waals surface area contributed by atoms with Gasteiger partial charge >= 0.3 is 0 Å². The third-order valence-electron chi connectivity index (χ3n) is 3.01. The van der Waals surface area contributed by atoms with Gasteiger partial charge in [-0.15, -0.1) is 0 Å². The molecule has 0 spiro atoms. The van der Waals surface area contributed by atoms with Crippen LogP contribution in [0.4, 0.5) is 0 Å². The lowest BCUT2D eigenvalue weighted by atomic mass is 10.0. The van der Waals surface area contributed by atoms with Crippen LogP contribution in [0.15, 0.2) is 24.3 Å². The summed E-state index contributed by atoms with van der Waals surface area (Å²) in [4.78, 5) is 0. The molecular formula is C12H17N. The minimum Gasteiger partial charge on any atom is -0.314 e. The lowest BCUT2D eigenvalue weighted by molar-refractivity contribution is 0.548. The largest absolute Gasteiger partial charge is 0.314 e. The summed E-state index contributed by atoms with van der Waals surface area (Å²) in [6, 6.07) is 8.82. The molecule has 0 radical (unpaired) electrons. The molecule has 1 aromatic carbocycles. The number of aryl methyl sites for hydroxylation is 1. The van der Waals surface area contributed by atoms with Crippen molar-refractivity contribution < 1.29 is 0 Å². The van der Waals surface area contributed by atoms with E-state index in [1.165, 1.54) is 30.4 Å². The molecule has 13 heavy (non-hydrogen) atoms. The van der Waals surface area contributed by atoms with Crippen molar-refractivity contribution in [2.24, 2.45) is 0 Å². The third kappa shape index (κ3) is 1.92. The zero-order chi connectivity index (χ0) is 9.31. The number of hydrogen-bond donors (Lipinski definition) is 1. The van der Waals surface area contributed by atoms with E-state index in [1.807, 2.05) is 0 Å². The summed E-state index contributed by atoms with van der Waals surface area (Å²) >= 11 is 0. The van der Waals surface area contributed by atoms with Crippen molar-refractivity contribution in [3.63, 3.8) is 0 Å². The maximum absolute atomic E-state index is 3.42. The van der Waals surface area contributed by atoms with Gasteiger partial charge in [0.15, 0.2) is 0 Å². The first-order valence-corrected chi connectivity index (χ1v) is 4.99. The van der Waals surface area contributed by atoms with Crippen LogP contribution in [-0.2, 0) is 6.42 Å². The molecule has 2 rings (SSSR count). The molecule has 0 amide bonds. The first-order valence-electron chi connectivity index (χ1n) is 4.99. The SMILES string of the molecule is CNC1(Cc2cccc(C)c2)CC1. The van der Waals surface area contributed by atoms with Gasteiger partial charge in [0.2, 0.25) is 0 Å². The molecule has 0 atom stereocenters. The van der Waals surface area contributed by atoms with Crippen LogP contribution in [0.5, 0.6) is 0 Å². The highest BCUT2D eigenvalue weighted by molar-refractivity contribution is 5.25. The van der Waals surface area contributed by atoms with Crippen molar-refractivity contribution >= 4 is 0 Å². The summed E-state index contributed by atoms with van der Waals surface area (Å²) in [5.74, 6) is 0. The molecule has 1 aliphatic rings. The molecule has 1 aromatic rings. The first-order chi connectivity index (χ1) is 6.24. The monoisotopic (exact) mass is 175 g/mol. The molecule has 0 bridgehead atoms. The van der Waals surface area contributed by atoms with E-state index >= 15 is 0 Å². The predicted octanol–water partition coefficient (Wildman–Crippen LogP) is 2.29. The smallest absolute Gasteiger partial charge is 0.0220 e. The van der Waals surface area contributed by atoms with E-state index in [0.717, 1.165) is 0 Å². The van der Waals surface area contributed by atoms with Crippen LogP contribution in [0.3, 0.4) is 0 Å². The molecule has 1 nitrogen and oxygen atoms in total. The summed E-state index contributed by atoms with van der Waals surface area (Å²) in [7, 11) is 2.07. The van der Waals surface area contributed by atoms with Gasteiger partial charge in [-0.3, -0.25) is 0 Å².